The van der Waals surface area contributed by atoms with Crippen LogP contribution in [0.3, 0.4) is 0 Å². The van der Waals surface area contributed by atoms with Crippen LogP contribution in [0.4, 0.5) is 68.5 Å². The predicted octanol–water partition coefficient (Wildman–Crippen LogP) is 12.6. The van der Waals surface area contributed by atoms with Crippen LogP contribution in [0.25, 0.3) is 11.1 Å². The van der Waals surface area contributed by atoms with Gasteiger partial charge in [-0.2, -0.15) is 0 Å². The molecule has 0 aliphatic carbocycles. The number of nitrogens with zero attached hydrogens (tertiary/aromatic N) is 6. The minimum absolute atomic E-state index is 0.852. The van der Waals surface area contributed by atoms with Crippen molar-refractivity contribution in [3.05, 3.63) is 194 Å². The standard InChI is InChI=1S/C46H32N6/c1-3-15-35(16-4-1)49-37-19-7-11-23-41(37)51(42-24-12-8-20-38(42)49)45-29-27-33(31-47-45)34-28-30-46(48-32-34)52-43-25-13-9-21-39(43)50(36-17-5-2-6-18-36)40-22-10-14-26-44(40)52/h1-32H. The zero-order valence-corrected chi connectivity index (χ0v) is 28.2. The molecule has 52 heavy (non-hydrogen) atoms. The van der Waals surface area contributed by atoms with Crippen molar-refractivity contribution in [3.63, 3.8) is 0 Å². The van der Waals surface area contributed by atoms with Crippen molar-refractivity contribution in [1.82, 2.24) is 9.97 Å². The highest BCUT2D eigenvalue weighted by Gasteiger charge is 2.32. The van der Waals surface area contributed by atoms with Gasteiger partial charge in [-0.1, -0.05) is 84.9 Å². The van der Waals surface area contributed by atoms with Crippen molar-refractivity contribution in [2.45, 2.75) is 0 Å². The average molecular weight is 669 g/mol. The third-order valence-corrected chi connectivity index (χ3v) is 9.77. The van der Waals surface area contributed by atoms with Crippen LogP contribution in [0.2, 0.25) is 0 Å². The Bertz CT molecular complexity index is 2260. The van der Waals surface area contributed by atoms with E-state index in [1.807, 2.05) is 12.4 Å². The average Bonchev–Trinajstić information content (AvgIpc) is 3.22. The number of fused-ring (bicyclic) bond motifs is 4. The lowest BCUT2D eigenvalue weighted by Gasteiger charge is -2.39. The van der Waals surface area contributed by atoms with E-state index in [1.165, 1.54) is 0 Å². The van der Waals surface area contributed by atoms with Crippen molar-refractivity contribution in [3.8, 4) is 11.1 Å². The molecule has 0 spiro atoms. The lowest BCUT2D eigenvalue weighted by atomic mass is 10.0. The molecule has 0 bridgehead atoms. The highest BCUT2D eigenvalue weighted by molar-refractivity contribution is 6.02. The van der Waals surface area contributed by atoms with Gasteiger partial charge in [0.15, 0.2) is 0 Å². The summed E-state index contributed by atoms with van der Waals surface area (Å²) < 4.78 is 0. The Labute approximate surface area is 302 Å². The van der Waals surface area contributed by atoms with Crippen molar-refractivity contribution in [2.75, 3.05) is 19.6 Å². The second kappa shape index (κ2) is 12.3. The van der Waals surface area contributed by atoms with Crippen LogP contribution < -0.4 is 19.6 Å². The summed E-state index contributed by atoms with van der Waals surface area (Å²) in [5.41, 5.74) is 12.9. The minimum atomic E-state index is 0.852. The van der Waals surface area contributed by atoms with Crippen molar-refractivity contribution < 1.29 is 0 Å². The molecular weight excluding hydrogens is 637 g/mol. The van der Waals surface area contributed by atoms with Gasteiger partial charge in [-0.25, -0.2) is 9.97 Å². The minimum Gasteiger partial charge on any atom is -0.306 e. The summed E-state index contributed by atoms with van der Waals surface area (Å²) in [6.45, 7) is 0. The van der Waals surface area contributed by atoms with Crippen LogP contribution in [0, 0.1) is 0 Å². The molecule has 0 saturated heterocycles. The van der Waals surface area contributed by atoms with E-state index in [0.717, 1.165) is 79.6 Å². The summed E-state index contributed by atoms with van der Waals surface area (Å²) in [6, 6.07) is 63.6. The molecule has 2 aromatic heterocycles. The molecule has 0 atom stereocenters. The molecule has 0 saturated carbocycles. The van der Waals surface area contributed by atoms with Crippen LogP contribution in [-0.2, 0) is 0 Å². The SMILES string of the molecule is c1ccc(N2c3ccccc3N(c3ccc(-c4ccc(N5c6ccccc6N(c6ccccc6)c6ccccc65)nc4)cn3)c3ccccc32)cc1. The highest BCUT2D eigenvalue weighted by Crippen LogP contribution is 2.55. The Kier molecular flexibility index (Phi) is 7.03. The van der Waals surface area contributed by atoms with E-state index in [-0.39, 0.29) is 0 Å². The maximum Gasteiger partial charge on any atom is 0.137 e. The lowest BCUT2D eigenvalue weighted by molar-refractivity contribution is 1.12. The van der Waals surface area contributed by atoms with Gasteiger partial charge in [-0.3, -0.25) is 9.80 Å². The van der Waals surface area contributed by atoms with Gasteiger partial charge in [0, 0.05) is 34.9 Å². The Balaban J connectivity index is 0.994. The van der Waals surface area contributed by atoms with Crippen LogP contribution in [-0.4, -0.2) is 9.97 Å². The van der Waals surface area contributed by atoms with E-state index in [9.17, 15) is 0 Å². The molecule has 0 unspecified atom stereocenters. The summed E-state index contributed by atoms with van der Waals surface area (Å²) >= 11 is 0. The monoisotopic (exact) mass is 668 g/mol. The van der Waals surface area contributed by atoms with Gasteiger partial charge in [0.05, 0.1) is 45.5 Å². The number of anilines is 12. The topological polar surface area (TPSA) is 38.7 Å². The molecule has 4 heterocycles. The number of para-hydroxylation sites is 10. The quantitative estimate of drug-likeness (QED) is 0.182. The number of hydrogen-bond donors (Lipinski definition) is 0. The van der Waals surface area contributed by atoms with E-state index in [4.69, 9.17) is 9.97 Å². The number of benzene rings is 6. The predicted molar refractivity (Wildman–Crippen MR) is 213 cm³/mol. The normalized spacial score (nSPS) is 12.8. The van der Waals surface area contributed by atoms with E-state index < -0.39 is 0 Å². The largest absolute Gasteiger partial charge is 0.306 e. The molecule has 0 radical (unpaired) electrons. The number of aromatic nitrogens is 2. The Morgan fingerprint density at radius 3 is 0.788 bits per heavy atom. The molecule has 0 fully saturated rings. The maximum absolute atomic E-state index is 5.05. The fourth-order valence-electron chi connectivity index (χ4n) is 7.47. The fourth-order valence-corrected chi connectivity index (χ4v) is 7.47. The van der Waals surface area contributed by atoms with Crippen LogP contribution in [0.1, 0.15) is 0 Å². The van der Waals surface area contributed by atoms with Gasteiger partial charge < -0.3 is 9.80 Å². The summed E-state index contributed by atoms with van der Waals surface area (Å²) in [6.07, 6.45) is 3.90. The first-order chi connectivity index (χ1) is 25.8. The molecule has 0 N–H and O–H groups in total. The Hall–Kier alpha value is -7.18. The first-order valence-corrected chi connectivity index (χ1v) is 17.4. The number of rotatable bonds is 5. The van der Waals surface area contributed by atoms with E-state index >= 15 is 0 Å². The van der Waals surface area contributed by atoms with E-state index in [0.29, 0.717) is 0 Å². The molecular formula is C46H32N6. The molecule has 0 amide bonds. The van der Waals surface area contributed by atoms with Gasteiger partial charge in [-0.15, -0.1) is 0 Å². The first kappa shape index (κ1) is 29.7. The van der Waals surface area contributed by atoms with Crippen molar-refractivity contribution >= 4 is 68.5 Å². The Morgan fingerprint density at radius 1 is 0.250 bits per heavy atom. The van der Waals surface area contributed by atoms with Gasteiger partial charge in [0.1, 0.15) is 11.6 Å². The number of hydrogen-bond acceptors (Lipinski definition) is 6. The highest BCUT2D eigenvalue weighted by atomic mass is 15.3. The molecule has 6 heteroatoms. The molecule has 2 aliphatic rings. The van der Waals surface area contributed by atoms with Crippen LogP contribution >= 0.6 is 0 Å². The van der Waals surface area contributed by atoms with E-state index in [1.54, 1.807) is 0 Å². The maximum atomic E-state index is 5.05. The summed E-state index contributed by atoms with van der Waals surface area (Å²) in [5, 5.41) is 0. The van der Waals surface area contributed by atoms with Gasteiger partial charge in [0.2, 0.25) is 0 Å². The molecule has 2 aliphatic heterocycles. The first-order valence-electron chi connectivity index (χ1n) is 17.4. The van der Waals surface area contributed by atoms with Gasteiger partial charge >= 0.3 is 0 Å². The van der Waals surface area contributed by atoms with Crippen LogP contribution in [0.15, 0.2) is 194 Å². The molecule has 8 aromatic rings. The second-order valence-corrected chi connectivity index (χ2v) is 12.8. The second-order valence-electron chi connectivity index (χ2n) is 12.8. The summed E-state index contributed by atoms with van der Waals surface area (Å²) in [4.78, 5) is 19.2. The molecule has 6 aromatic carbocycles. The number of pyridine rings is 2. The van der Waals surface area contributed by atoms with Gasteiger partial charge in [0.25, 0.3) is 0 Å². The third kappa shape index (κ3) is 4.81. The van der Waals surface area contributed by atoms with Gasteiger partial charge in [-0.05, 0) is 97.1 Å². The van der Waals surface area contributed by atoms with E-state index in [2.05, 4.69) is 202 Å². The van der Waals surface area contributed by atoms with Crippen LogP contribution in [0.5, 0.6) is 0 Å². The molecule has 246 valence electrons. The summed E-state index contributed by atoms with van der Waals surface area (Å²) in [7, 11) is 0. The zero-order valence-electron chi connectivity index (χ0n) is 28.2. The summed E-state index contributed by atoms with van der Waals surface area (Å²) in [5.74, 6) is 1.70. The third-order valence-electron chi connectivity index (χ3n) is 9.77. The molecule has 6 nitrogen and oxygen atoms in total. The van der Waals surface area contributed by atoms with Crippen molar-refractivity contribution in [1.29, 1.82) is 0 Å². The smallest absolute Gasteiger partial charge is 0.137 e. The lowest BCUT2D eigenvalue weighted by Crippen LogP contribution is -2.24. The Morgan fingerprint density at radius 2 is 0.519 bits per heavy atom. The zero-order chi connectivity index (χ0) is 34.4. The van der Waals surface area contributed by atoms with Crippen molar-refractivity contribution in [2.24, 2.45) is 0 Å². The molecule has 10 rings (SSSR count). The fraction of sp³-hybridized carbons (Fsp3) is 0.